The molecule has 3 amide bonds. The van der Waals surface area contributed by atoms with Crippen LogP contribution >= 0.6 is 0 Å². The van der Waals surface area contributed by atoms with Gasteiger partial charge in [0.2, 0.25) is 5.91 Å². The van der Waals surface area contributed by atoms with E-state index in [0.29, 0.717) is 38.4 Å². The van der Waals surface area contributed by atoms with Crippen molar-refractivity contribution in [2.75, 3.05) is 45.8 Å². The van der Waals surface area contributed by atoms with Gasteiger partial charge in [-0.15, -0.1) is 0 Å². The Kier molecular flexibility index (Phi) is 4.84. The number of carbonyl (C=O) groups is 3. The Hall–Kier alpha value is -2.35. The highest BCUT2D eigenvalue weighted by Crippen LogP contribution is 2.11. The molecule has 2 saturated heterocycles. The molecule has 0 bridgehead atoms. The Bertz CT molecular complexity index is 627. The van der Waals surface area contributed by atoms with E-state index in [9.17, 15) is 14.4 Å². The number of amides is 3. The number of H-pyrrole nitrogens is 1. The van der Waals surface area contributed by atoms with Gasteiger partial charge in [0.05, 0.1) is 6.54 Å². The third-order valence-electron chi connectivity index (χ3n) is 4.66. The number of nitrogens with two attached hydrogens (primary N) is 1. The lowest BCUT2D eigenvalue weighted by Crippen LogP contribution is -2.51. The highest BCUT2D eigenvalue weighted by molar-refractivity contribution is 5.96. The average molecular weight is 333 g/mol. The highest BCUT2D eigenvalue weighted by atomic mass is 16.2. The maximum atomic E-state index is 12.4. The van der Waals surface area contributed by atoms with Crippen LogP contribution in [0.1, 0.15) is 33.8 Å². The lowest BCUT2D eigenvalue weighted by Gasteiger charge is -2.34. The van der Waals surface area contributed by atoms with Crippen LogP contribution in [0.2, 0.25) is 0 Å². The Morgan fingerprint density at radius 3 is 2.12 bits per heavy atom. The lowest BCUT2D eigenvalue weighted by molar-refractivity contribution is -0.131. The van der Waals surface area contributed by atoms with Crippen molar-refractivity contribution in [3.8, 4) is 0 Å². The van der Waals surface area contributed by atoms with Crippen molar-refractivity contribution in [2.24, 2.45) is 5.73 Å². The molecule has 1 aromatic heterocycles. The van der Waals surface area contributed by atoms with Crippen LogP contribution in [0, 0.1) is 0 Å². The van der Waals surface area contributed by atoms with Crippen LogP contribution in [0.15, 0.2) is 12.1 Å². The van der Waals surface area contributed by atoms with E-state index >= 15 is 0 Å². The van der Waals surface area contributed by atoms with Gasteiger partial charge in [-0.3, -0.25) is 19.3 Å². The van der Waals surface area contributed by atoms with E-state index in [4.69, 9.17) is 5.73 Å². The second-order valence-electron chi connectivity index (χ2n) is 6.31. The first-order chi connectivity index (χ1) is 11.5. The van der Waals surface area contributed by atoms with Crippen LogP contribution in [-0.4, -0.2) is 83.2 Å². The first-order valence-electron chi connectivity index (χ1n) is 8.33. The minimum atomic E-state index is -0.584. The van der Waals surface area contributed by atoms with E-state index in [2.05, 4.69) is 9.88 Å². The molecular weight excluding hydrogens is 310 g/mol. The minimum Gasteiger partial charge on any atom is -0.364 e. The van der Waals surface area contributed by atoms with Crippen molar-refractivity contribution in [3.63, 3.8) is 0 Å². The van der Waals surface area contributed by atoms with Gasteiger partial charge >= 0.3 is 0 Å². The summed E-state index contributed by atoms with van der Waals surface area (Å²) in [5.41, 5.74) is 5.78. The predicted molar refractivity (Wildman–Crippen MR) is 87.5 cm³/mol. The fraction of sp³-hybridized carbons (Fsp3) is 0.562. The number of hydrogen-bond acceptors (Lipinski definition) is 4. The third-order valence-corrected chi connectivity index (χ3v) is 4.66. The zero-order chi connectivity index (χ0) is 17.1. The van der Waals surface area contributed by atoms with E-state index in [1.165, 1.54) is 6.07 Å². The van der Waals surface area contributed by atoms with E-state index in [0.717, 1.165) is 25.9 Å². The number of nitrogens with zero attached hydrogens (tertiary/aromatic N) is 3. The molecule has 8 heteroatoms. The van der Waals surface area contributed by atoms with Crippen LogP contribution in [0.25, 0.3) is 0 Å². The van der Waals surface area contributed by atoms with Crippen molar-refractivity contribution in [2.45, 2.75) is 12.8 Å². The number of aromatic amines is 1. The van der Waals surface area contributed by atoms with Crippen molar-refractivity contribution >= 4 is 17.7 Å². The zero-order valence-corrected chi connectivity index (χ0v) is 13.7. The zero-order valence-electron chi connectivity index (χ0n) is 13.7. The summed E-state index contributed by atoms with van der Waals surface area (Å²) >= 11 is 0. The fourth-order valence-electron chi connectivity index (χ4n) is 3.20. The Balaban J connectivity index is 1.49. The largest absolute Gasteiger partial charge is 0.364 e. The van der Waals surface area contributed by atoms with E-state index in [-0.39, 0.29) is 17.5 Å². The predicted octanol–water partition coefficient (Wildman–Crippen LogP) is -0.506. The second kappa shape index (κ2) is 7.04. The van der Waals surface area contributed by atoms with Crippen molar-refractivity contribution < 1.29 is 14.4 Å². The summed E-state index contributed by atoms with van der Waals surface area (Å²) in [6.45, 7) is 4.65. The van der Waals surface area contributed by atoms with E-state index < -0.39 is 5.91 Å². The van der Waals surface area contributed by atoms with E-state index in [1.807, 2.05) is 4.90 Å². The minimum absolute atomic E-state index is 0.145. The number of rotatable bonds is 4. The molecule has 3 rings (SSSR count). The number of primary amides is 1. The SMILES string of the molecule is NC(=O)c1ccc(C(=O)N2CCN(CC(=O)N3CCCC3)CC2)[nH]1. The smallest absolute Gasteiger partial charge is 0.270 e. The highest BCUT2D eigenvalue weighted by Gasteiger charge is 2.26. The maximum Gasteiger partial charge on any atom is 0.270 e. The first kappa shape index (κ1) is 16.5. The molecule has 0 aliphatic carbocycles. The summed E-state index contributed by atoms with van der Waals surface area (Å²) in [4.78, 5) is 44.2. The molecule has 3 N–H and O–H groups in total. The summed E-state index contributed by atoms with van der Waals surface area (Å²) in [5.74, 6) is -0.546. The van der Waals surface area contributed by atoms with Crippen LogP contribution in [-0.2, 0) is 4.79 Å². The molecular formula is C16H23N5O3. The second-order valence-corrected chi connectivity index (χ2v) is 6.31. The van der Waals surface area contributed by atoms with Gasteiger partial charge < -0.3 is 20.5 Å². The molecule has 0 atom stereocenters. The molecule has 2 aliphatic heterocycles. The first-order valence-corrected chi connectivity index (χ1v) is 8.33. The molecule has 0 radical (unpaired) electrons. The number of likely N-dealkylation sites (tertiary alicyclic amines) is 1. The van der Waals surface area contributed by atoms with Gasteiger partial charge in [-0.25, -0.2) is 0 Å². The molecule has 8 nitrogen and oxygen atoms in total. The molecule has 2 fully saturated rings. The van der Waals surface area contributed by atoms with Gasteiger partial charge in [-0.1, -0.05) is 0 Å². The van der Waals surface area contributed by atoms with Gasteiger partial charge in [0.25, 0.3) is 11.8 Å². The molecule has 0 unspecified atom stereocenters. The monoisotopic (exact) mass is 333 g/mol. The summed E-state index contributed by atoms with van der Waals surface area (Å²) in [5, 5.41) is 0. The Morgan fingerprint density at radius 1 is 0.917 bits per heavy atom. The summed E-state index contributed by atoms with van der Waals surface area (Å²) in [7, 11) is 0. The number of hydrogen-bond donors (Lipinski definition) is 2. The molecule has 24 heavy (non-hydrogen) atoms. The van der Waals surface area contributed by atoms with Crippen LogP contribution in [0.3, 0.4) is 0 Å². The Labute approximate surface area is 140 Å². The van der Waals surface area contributed by atoms with Crippen LogP contribution in [0.5, 0.6) is 0 Å². The maximum absolute atomic E-state index is 12.4. The topological polar surface area (TPSA) is 103 Å². The molecule has 3 heterocycles. The van der Waals surface area contributed by atoms with Crippen LogP contribution in [0.4, 0.5) is 0 Å². The van der Waals surface area contributed by atoms with Crippen LogP contribution < -0.4 is 5.73 Å². The number of carbonyl (C=O) groups excluding carboxylic acids is 3. The molecule has 130 valence electrons. The fourth-order valence-corrected chi connectivity index (χ4v) is 3.20. The number of piperazine rings is 1. The van der Waals surface area contributed by atoms with Gasteiger partial charge in [-0.05, 0) is 25.0 Å². The van der Waals surface area contributed by atoms with E-state index in [1.54, 1.807) is 11.0 Å². The number of aromatic nitrogens is 1. The van der Waals surface area contributed by atoms with Gasteiger partial charge in [0.1, 0.15) is 11.4 Å². The summed E-state index contributed by atoms with van der Waals surface area (Å²) in [6.07, 6.45) is 2.19. The summed E-state index contributed by atoms with van der Waals surface area (Å²) < 4.78 is 0. The van der Waals surface area contributed by atoms with Crippen molar-refractivity contribution in [3.05, 3.63) is 23.5 Å². The standard InChI is InChI=1S/C16H23N5O3/c17-15(23)12-3-4-13(18-12)16(24)21-9-7-19(8-10-21)11-14(22)20-5-1-2-6-20/h3-4,18H,1-2,5-11H2,(H2,17,23). The van der Waals surface area contributed by atoms with Gasteiger partial charge in [-0.2, -0.15) is 0 Å². The van der Waals surface area contributed by atoms with Gasteiger partial charge in [0, 0.05) is 39.3 Å². The lowest BCUT2D eigenvalue weighted by atomic mass is 10.2. The number of nitrogens with one attached hydrogen (secondary N) is 1. The summed E-state index contributed by atoms with van der Waals surface area (Å²) in [6, 6.07) is 3.09. The van der Waals surface area contributed by atoms with Crippen molar-refractivity contribution in [1.82, 2.24) is 19.7 Å². The molecule has 0 spiro atoms. The Morgan fingerprint density at radius 2 is 1.54 bits per heavy atom. The molecule has 0 saturated carbocycles. The van der Waals surface area contributed by atoms with Crippen molar-refractivity contribution in [1.29, 1.82) is 0 Å². The third kappa shape index (κ3) is 3.59. The normalized spacial score (nSPS) is 18.8. The molecule has 2 aliphatic rings. The van der Waals surface area contributed by atoms with Gasteiger partial charge in [0.15, 0.2) is 0 Å². The molecule has 1 aromatic rings. The molecule has 0 aromatic carbocycles. The average Bonchev–Trinajstić information content (AvgIpc) is 3.26. The quantitative estimate of drug-likeness (QED) is 0.775.